The van der Waals surface area contributed by atoms with Crippen LogP contribution in [0.15, 0.2) is 58.3 Å². The summed E-state index contributed by atoms with van der Waals surface area (Å²) >= 11 is 0. The second-order valence-corrected chi connectivity index (χ2v) is 5.84. The van der Waals surface area contributed by atoms with Crippen LogP contribution in [0.1, 0.15) is 5.56 Å². The van der Waals surface area contributed by atoms with E-state index in [4.69, 9.17) is 7.85 Å². The van der Waals surface area contributed by atoms with E-state index in [1.165, 1.54) is 12.1 Å². The fraction of sp³-hybridized carbons (Fsp3) is 0.0769. The quantitative estimate of drug-likeness (QED) is 0.750. The normalized spacial score (nSPS) is 11.4. The van der Waals surface area contributed by atoms with Crippen LogP contribution >= 0.6 is 0 Å². The van der Waals surface area contributed by atoms with Gasteiger partial charge in [-0.15, -0.1) is 0 Å². The van der Waals surface area contributed by atoms with Gasteiger partial charge in [0.05, 0.1) is 9.79 Å². The molecule has 2 radical (unpaired) electrons. The highest BCUT2D eigenvalue weighted by Gasteiger charge is 2.16. The van der Waals surface area contributed by atoms with Crippen molar-refractivity contribution in [2.24, 2.45) is 0 Å². The molecule has 17 heavy (non-hydrogen) atoms. The van der Waals surface area contributed by atoms with Crippen molar-refractivity contribution < 1.29 is 8.42 Å². The van der Waals surface area contributed by atoms with E-state index in [1.54, 1.807) is 36.4 Å². The molecule has 0 saturated carbocycles. The molecule has 0 amide bonds. The lowest BCUT2D eigenvalue weighted by Gasteiger charge is -2.05. The van der Waals surface area contributed by atoms with Crippen LogP contribution in [-0.2, 0) is 9.84 Å². The van der Waals surface area contributed by atoms with Gasteiger partial charge in [-0.3, -0.25) is 0 Å². The number of hydrogen-bond donors (Lipinski definition) is 0. The molecule has 0 N–H and O–H groups in total. The van der Waals surface area contributed by atoms with Crippen molar-refractivity contribution in [3.8, 4) is 0 Å². The zero-order valence-electron chi connectivity index (χ0n) is 9.42. The highest BCUT2D eigenvalue weighted by molar-refractivity contribution is 7.91. The van der Waals surface area contributed by atoms with E-state index in [1.807, 2.05) is 6.92 Å². The summed E-state index contributed by atoms with van der Waals surface area (Å²) in [5.41, 5.74) is 1.58. The number of sulfone groups is 1. The van der Waals surface area contributed by atoms with Gasteiger partial charge < -0.3 is 0 Å². The van der Waals surface area contributed by atoms with Gasteiger partial charge in [0.15, 0.2) is 0 Å². The van der Waals surface area contributed by atoms with E-state index >= 15 is 0 Å². The minimum absolute atomic E-state index is 0.260. The molecule has 0 heterocycles. The topological polar surface area (TPSA) is 34.1 Å². The van der Waals surface area contributed by atoms with Crippen molar-refractivity contribution in [3.05, 3.63) is 54.1 Å². The van der Waals surface area contributed by atoms with Crippen LogP contribution in [0.25, 0.3) is 0 Å². The largest absolute Gasteiger partial charge is 0.219 e. The molecule has 2 rings (SSSR count). The average Bonchev–Trinajstić information content (AvgIpc) is 2.30. The fourth-order valence-corrected chi connectivity index (χ4v) is 2.76. The average molecular weight is 242 g/mol. The summed E-state index contributed by atoms with van der Waals surface area (Å²) in [5.74, 6) is 0. The Morgan fingerprint density at radius 2 is 1.24 bits per heavy atom. The molecule has 0 aromatic heterocycles. The van der Waals surface area contributed by atoms with E-state index in [0.717, 1.165) is 5.56 Å². The summed E-state index contributed by atoms with van der Waals surface area (Å²) in [5, 5.41) is 0. The first-order valence-electron chi connectivity index (χ1n) is 5.17. The van der Waals surface area contributed by atoms with Crippen molar-refractivity contribution in [2.45, 2.75) is 16.7 Å². The second-order valence-electron chi connectivity index (χ2n) is 3.89. The van der Waals surface area contributed by atoms with Crippen molar-refractivity contribution >= 4 is 23.1 Å². The molecule has 84 valence electrons. The van der Waals surface area contributed by atoms with Crippen molar-refractivity contribution in [1.29, 1.82) is 0 Å². The first-order valence-corrected chi connectivity index (χ1v) is 6.66. The van der Waals surface area contributed by atoms with Gasteiger partial charge in [0.2, 0.25) is 9.84 Å². The Morgan fingerprint density at radius 1 is 0.824 bits per heavy atom. The first kappa shape index (κ1) is 11.9. The van der Waals surface area contributed by atoms with Crippen LogP contribution in [0, 0.1) is 6.92 Å². The molecule has 0 fully saturated rings. The Kier molecular flexibility index (Phi) is 3.07. The van der Waals surface area contributed by atoms with Crippen LogP contribution in [0.3, 0.4) is 0 Å². The number of aryl methyl sites for hydroxylation is 1. The number of hydrogen-bond acceptors (Lipinski definition) is 2. The Morgan fingerprint density at radius 3 is 1.71 bits per heavy atom. The minimum atomic E-state index is -3.43. The fourth-order valence-electron chi connectivity index (χ4n) is 1.50. The third-order valence-corrected chi connectivity index (χ3v) is 4.31. The van der Waals surface area contributed by atoms with Crippen LogP contribution in [0.4, 0.5) is 0 Å². The first-order chi connectivity index (χ1) is 8.00. The molecule has 0 bridgehead atoms. The maximum Gasteiger partial charge on any atom is 0.206 e. The zero-order chi connectivity index (χ0) is 12.5. The second kappa shape index (κ2) is 4.38. The summed E-state index contributed by atoms with van der Waals surface area (Å²) in [6.07, 6.45) is 0. The SMILES string of the molecule is [B]c1ccc(S(=O)(=O)c2ccc(C)cc2)cc1. The standard InChI is InChI=1S/C13H11BO2S/c1-10-2-6-12(7-3-10)17(15,16)13-8-4-11(14)5-9-13/h2-9H,1H3. The van der Waals surface area contributed by atoms with Gasteiger partial charge in [0.25, 0.3) is 0 Å². The summed E-state index contributed by atoms with van der Waals surface area (Å²) in [6, 6.07) is 13.0. The maximum absolute atomic E-state index is 12.2. The molecule has 0 atom stereocenters. The van der Waals surface area contributed by atoms with Gasteiger partial charge >= 0.3 is 0 Å². The zero-order valence-corrected chi connectivity index (χ0v) is 10.2. The van der Waals surface area contributed by atoms with Crippen molar-refractivity contribution in [3.63, 3.8) is 0 Å². The summed E-state index contributed by atoms with van der Waals surface area (Å²) in [6.45, 7) is 1.92. The number of rotatable bonds is 2. The molecule has 0 aliphatic rings. The van der Waals surface area contributed by atoms with E-state index < -0.39 is 9.84 Å². The van der Waals surface area contributed by atoms with E-state index in [9.17, 15) is 8.42 Å². The summed E-state index contributed by atoms with van der Waals surface area (Å²) in [4.78, 5) is 0.559. The Labute approximate surface area is 103 Å². The van der Waals surface area contributed by atoms with Crippen LogP contribution < -0.4 is 5.46 Å². The monoisotopic (exact) mass is 242 g/mol. The summed E-state index contributed by atoms with van der Waals surface area (Å²) in [7, 11) is 2.11. The Balaban J connectivity index is 2.50. The number of benzene rings is 2. The van der Waals surface area contributed by atoms with E-state index in [2.05, 4.69) is 0 Å². The Bertz CT molecular complexity index is 562. The Hall–Kier alpha value is -1.55. The summed E-state index contributed by atoms with van der Waals surface area (Å²) < 4.78 is 24.4. The molecule has 2 aromatic carbocycles. The molecular formula is C13H11BO2S. The van der Waals surface area contributed by atoms with Gasteiger partial charge in [-0.2, -0.15) is 0 Å². The molecule has 2 aromatic rings. The molecule has 0 spiro atoms. The van der Waals surface area contributed by atoms with E-state index in [0.29, 0.717) is 10.4 Å². The predicted octanol–water partition coefficient (Wildman–Crippen LogP) is 1.62. The van der Waals surface area contributed by atoms with Gasteiger partial charge in [-0.05, 0) is 31.2 Å². The van der Waals surface area contributed by atoms with Crippen LogP contribution in [-0.4, -0.2) is 16.3 Å². The molecule has 0 saturated heterocycles. The lowest BCUT2D eigenvalue weighted by atomic mass is 9.97. The lowest BCUT2D eigenvalue weighted by Crippen LogP contribution is -2.06. The minimum Gasteiger partial charge on any atom is -0.219 e. The molecular weight excluding hydrogens is 231 g/mol. The molecule has 2 nitrogen and oxygen atoms in total. The van der Waals surface area contributed by atoms with Gasteiger partial charge in [0, 0.05) is 0 Å². The highest BCUT2D eigenvalue weighted by Crippen LogP contribution is 2.20. The molecule has 4 heteroatoms. The van der Waals surface area contributed by atoms with Crippen LogP contribution in [0.2, 0.25) is 0 Å². The molecule has 0 aliphatic heterocycles. The lowest BCUT2D eigenvalue weighted by molar-refractivity contribution is 0.596. The van der Waals surface area contributed by atoms with Gasteiger partial charge in [-0.25, -0.2) is 8.42 Å². The maximum atomic E-state index is 12.2. The molecule has 0 unspecified atom stereocenters. The predicted molar refractivity (Wildman–Crippen MR) is 68.5 cm³/mol. The van der Waals surface area contributed by atoms with Gasteiger partial charge in [-0.1, -0.05) is 35.3 Å². The third-order valence-electron chi connectivity index (χ3n) is 2.52. The van der Waals surface area contributed by atoms with Gasteiger partial charge in [0.1, 0.15) is 7.85 Å². The molecule has 0 aliphatic carbocycles. The van der Waals surface area contributed by atoms with Crippen LogP contribution in [0.5, 0.6) is 0 Å². The smallest absolute Gasteiger partial charge is 0.206 e. The van der Waals surface area contributed by atoms with E-state index in [-0.39, 0.29) is 4.90 Å². The van der Waals surface area contributed by atoms with Crippen molar-refractivity contribution in [2.75, 3.05) is 0 Å². The van der Waals surface area contributed by atoms with Crippen molar-refractivity contribution in [1.82, 2.24) is 0 Å². The third kappa shape index (κ3) is 2.42. The highest BCUT2D eigenvalue weighted by atomic mass is 32.2.